The lowest BCUT2D eigenvalue weighted by atomic mass is 9.80. The Morgan fingerprint density at radius 2 is 1.83 bits per heavy atom. The molecule has 2 atom stereocenters. The first-order valence-electron chi connectivity index (χ1n) is 4.71. The summed E-state index contributed by atoms with van der Waals surface area (Å²) in [5.41, 5.74) is 0. The van der Waals surface area contributed by atoms with Crippen molar-refractivity contribution >= 4 is 0 Å². The van der Waals surface area contributed by atoms with E-state index in [4.69, 9.17) is 0 Å². The summed E-state index contributed by atoms with van der Waals surface area (Å²) in [6.07, 6.45) is 0.497. The number of rotatable bonds is 3. The average Bonchev–Trinajstić information content (AvgIpc) is 2.55. The second-order valence-corrected chi connectivity index (χ2v) is 4.25. The topological polar surface area (TPSA) is 12.0 Å². The van der Waals surface area contributed by atoms with Gasteiger partial charge in [0.25, 0.3) is 0 Å². The Kier molecular flexibility index (Phi) is 2.07. The van der Waals surface area contributed by atoms with E-state index in [9.17, 15) is 8.78 Å². The van der Waals surface area contributed by atoms with E-state index in [1.165, 1.54) is 6.42 Å². The molecule has 0 spiro atoms. The SMILES string of the molecule is CC1CC1NC1CC(C(F)F)C1. The summed E-state index contributed by atoms with van der Waals surface area (Å²) in [5, 5.41) is 3.39. The Balaban J connectivity index is 1.62. The second-order valence-electron chi connectivity index (χ2n) is 4.25. The van der Waals surface area contributed by atoms with Crippen LogP contribution in [0.2, 0.25) is 0 Å². The van der Waals surface area contributed by atoms with E-state index in [2.05, 4.69) is 12.2 Å². The van der Waals surface area contributed by atoms with Gasteiger partial charge in [0.05, 0.1) is 0 Å². The van der Waals surface area contributed by atoms with Gasteiger partial charge in [0.15, 0.2) is 0 Å². The normalized spacial score (nSPS) is 46.0. The van der Waals surface area contributed by atoms with Crippen molar-refractivity contribution < 1.29 is 8.78 Å². The molecule has 2 aliphatic rings. The first-order chi connectivity index (χ1) is 5.66. The molecule has 3 heteroatoms. The van der Waals surface area contributed by atoms with E-state index in [-0.39, 0.29) is 5.92 Å². The Morgan fingerprint density at radius 1 is 1.25 bits per heavy atom. The smallest absolute Gasteiger partial charge is 0.241 e. The maximum Gasteiger partial charge on any atom is 0.241 e. The molecule has 0 aromatic carbocycles. The van der Waals surface area contributed by atoms with Crippen molar-refractivity contribution in [2.75, 3.05) is 0 Å². The van der Waals surface area contributed by atoms with Crippen LogP contribution in [0.3, 0.4) is 0 Å². The molecule has 0 aromatic rings. The van der Waals surface area contributed by atoms with Gasteiger partial charge in [-0.05, 0) is 25.2 Å². The number of hydrogen-bond acceptors (Lipinski definition) is 1. The number of nitrogens with one attached hydrogen (secondary N) is 1. The van der Waals surface area contributed by atoms with Crippen LogP contribution in [0.1, 0.15) is 26.2 Å². The molecule has 0 bridgehead atoms. The first-order valence-corrected chi connectivity index (χ1v) is 4.71. The molecule has 0 saturated heterocycles. The third-order valence-electron chi connectivity index (χ3n) is 3.09. The van der Waals surface area contributed by atoms with Crippen molar-refractivity contribution in [2.24, 2.45) is 11.8 Å². The molecule has 1 N–H and O–H groups in total. The fraction of sp³-hybridized carbons (Fsp3) is 1.00. The van der Waals surface area contributed by atoms with Crippen LogP contribution in [0.25, 0.3) is 0 Å². The monoisotopic (exact) mass is 175 g/mol. The van der Waals surface area contributed by atoms with Gasteiger partial charge < -0.3 is 5.32 Å². The summed E-state index contributed by atoms with van der Waals surface area (Å²) < 4.78 is 24.1. The van der Waals surface area contributed by atoms with Gasteiger partial charge in [-0.1, -0.05) is 6.92 Å². The lowest BCUT2D eigenvalue weighted by Crippen LogP contribution is -2.45. The summed E-state index contributed by atoms with van der Waals surface area (Å²) in [4.78, 5) is 0. The van der Waals surface area contributed by atoms with Crippen molar-refractivity contribution in [1.82, 2.24) is 5.32 Å². The van der Waals surface area contributed by atoms with Crippen LogP contribution in [-0.4, -0.2) is 18.5 Å². The van der Waals surface area contributed by atoms with Gasteiger partial charge in [0.2, 0.25) is 6.43 Å². The molecule has 2 saturated carbocycles. The molecule has 12 heavy (non-hydrogen) atoms. The molecule has 0 aromatic heterocycles. The van der Waals surface area contributed by atoms with Crippen LogP contribution in [0.5, 0.6) is 0 Å². The van der Waals surface area contributed by atoms with Crippen molar-refractivity contribution in [1.29, 1.82) is 0 Å². The predicted octanol–water partition coefficient (Wildman–Crippen LogP) is 2.03. The first kappa shape index (κ1) is 8.42. The quantitative estimate of drug-likeness (QED) is 0.692. The van der Waals surface area contributed by atoms with Crippen molar-refractivity contribution in [3.8, 4) is 0 Å². The zero-order chi connectivity index (χ0) is 8.72. The lowest BCUT2D eigenvalue weighted by Gasteiger charge is -2.35. The maximum atomic E-state index is 12.1. The Bertz CT molecular complexity index is 166. The number of hydrogen-bond donors (Lipinski definition) is 1. The van der Waals surface area contributed by atoms with E-state index >= 15 is 0 Å². The summed E-state index contributed by atoms with van der Waals surface area (Å²) in [6.45, 7) is 2.20. The van der Waals surface area contributed by atoms with E-state index in [0.717, 1.165) is 5.92 Å². The van der Waals surface area contributed by atoms with E-state index in [1.807, 2.05) is 0 Å². The van der Waals surface area contributed by atoms with Crippen LogP contribution in [-0.2, 0) is 0 Å². The third kappa shape index (κ3) is 1.60. The molecule has 0 radical (unpaired) electrons. The van der Waals surface area contributed by atoms with Crippen molar-refractivity contribution in [3.05, 3.63) is 0 Å². The number of alkyl halides is 2. The van der Waals surface area contributed by atoms with Crippen LogP contribution in [0.15, 0.2) is 0 Å². The third-order valence-corrected chi connectivity index (χ3v) is 3.09. The van der Waals surface area contributed by atoms with Gasteiger partial charge >= 0.3 is 0 Å². The molecule has 70 valence electrons. The Labute approximate surface area is 71.5 Å². The molecular weight excluding hydrogens is 160 g/mol. The summed E-state index contributed by atoms with van der Waals surface area (Å²) in [5.74, 6) is 0.451. The van der Waals surface area contributed by atoms with Gasteiger partial charge in [0, 0.05) is 18.0 Å². The highest BCUT2D eigenvalue weighted by Crippen LogP contribution is 2.37. The molecule has 0 aliphatic heterocycles. The standard InChI is InChI=1S/C9H15F2N/c1-5-2-8(5)12-7-3-6(4-7)9(10)11/h5-9,12H,2-4H2,1H3. The van der Waals surface area contributed by atoms with Crippen LogP contribution < -0.4 is 5.32 Å². The molecule has 2 aliphatic carbocycles. The minimum absolute atomic E-state index is 0.323. The summed E-state index contributed by atoms with van der Waals surface area (Å²) >= 11 is 0. The zero-order valence-corrected chi connectivity index (χ0v) is 7.26. The van der Waals surface area contributed by atoms with Crippen LogP contribution >= 0.6 is 0 Å². The van der Waals surface area contributed by atoms with Gasteiger partial charge in [-0.25, -0.2) is 8.78 Å². The van der Waals surface area contributed by atoms with Crippen molar-refractivity contribution in [2.45, 2.75) is 44.7 Å². The van der Waals surface area contributed by atoms with Crippen molar-refractivity contribution in [3.63, 3.8) is 0 Å². The Hall–Kier alpha value is -0.180. The van der Waals surface area contributed by atoms with Gasteiger partial charge in [-0.2, -0.15) is 0 Å². The highest BCUT2D eigenvalue weighted by Gasteiger charge is 2.40. The highest BCUT2D eigenvalue weighted by atomic mass is 19.3. The molecule has 0 heterocycles. The Morgan fingerprint density at radius 3 is 2.25 bits per heavy atom. The molecule has 1 nitrogen and oxygen atoms in total. The van der Waals surface area contributed by atoms with Gasteiger partial charge in [-0.3, -0.25) is 0 Å². The summed E-state index contributed by atoms with van der Waals surface area (Å²) in [6, 6.07) is 1.02. The maximum absolute atomic E-state index is 12.1. The average molecular weight is 175 g/mol. The minimum Gasteiger partial charge on any atom is -0.311 e. The molecule has 2 fully saturated rings. The highest BCUT2D eigenvalue weighted by molar-refractivity contribution is 4.96. The fourth-order valence-electron chi connectivity index (χ4n) is 1.86. The van der Waals surface area contributed by atoms with Gasteiger partial charge in [-0.15, -0.1) is 0 Å². The fourth-order valence-corrected chi connectivity index (χ4v) is 1.86. The molecule has 2 unspecified atom stereocenters. The zero-order valence-electron chi connectivity index (χ0n) is 7.26. The van der Waals surface area contributed by atoms with E-state index in [0.29, 0.717) is 24.9 Å². The minimum atomic E-state index is -2.10. The lowest BCUT2D eigenvalue weighted by molar-refractivity contribution is 0.0153. The second kappa shape index (κ2) is 2.95. The molecule has 2 rings (SSSR count). The van der Waals surface area contributed by atoms with E-state index < -0.39 is 6.43 Å². The van der Waals surface area contributed by atoms with Crippen LogP contribution in [0.4, 0.5) is 8.78 Å². The molecule has 0 amide bonds. The molecular formula is C9H15F2N. The number of halogens is 2. The largest absolute Gasteiger partial charge is 0.311 e. The van der Waals surface area contributed by atoms with E-state index in [1.54, 1.807) is 0 Å². The predicted molar refractivity (Wildman–Crippen MR) is 43.2 cm³/mol. The van der Waals surface area contributed by atoms with Crippen LogP contribution in [0, 0.1) is 11.8 Å². The van der Waals surface area contributed by atoms with Gasteiger partial charge in [0.1, 0.15) is 0 Å². The summed E-state index contributed by atoms with van der Waals surface area (Å²) in [7, 11) is 0.